The van der Waals surface area contributed by atoms with E-state index in [-0.39, 0.29) is 136 Å². The number of carbonyl (C=O) groups excluding carboxylic acids is 5. The Morgan fingerprint density at radius 3 is 0.514 bits per heavy atom. The maximum absolute atomic E-state index is 13.3. The summed E-state index contributed by atoms with van der Waals surface area (Å²) < 4.78 is 93.1. The molecule has 10 nitrogen and oxygen atoms in total. The van der Waals surface area contributed by atoms with Crippen LogP contribution in [0.2, 0.25) is 0 Å². The van der Waals surface area contributed by atoms with Crippen molar-refractivity contribution in [1.29, 1.82) is 0 Å². The third-order valence-electron chi connectivity index (χ3n) is 20.1. The molecule has 5 aliphatic carbocycles. The van der Waals surface area contributed by atoms with Crippen molar-refractivity contribution in [2.45, 2.75) is 252 Å². The summed E-state index contributed by atoms with van der Waals surface area (Å²) >= 11 is 19.8. The molecular weight excluding hydrogens is 1470 g/mol. The van der Waals surface area contributed by atoms with Gasteiger partial charge in [0.25, 0.3) is 0 Å². The summed E-state index contributed by atoms with van der Waals surface area (Å²) in [6, 6.07) is 21.4. The van der Waals surface area contributed by atoms with Gasteiger partial charge in [0.1, 0.15) is 57.8 Å². The molecule has 0 unspecified atom stereocenters. The lowest BCUT2D eigenvalue weighted by atomic mass is 9.80. The number of rotatable bonds is 20. The van der Waals surface area contributed by atoms with E-state index in [9.17, 15) is 45.9 Å². The number of ether oxygens (including phenoxy) is 5. The van der Waals surface area contributed by atoms with Gasteiger partial charge in [-0.15, -0.1) is 63.1 Å². The SMILES string of the molecule is CCCC1CCC(C(=O)Oc2ccc(S)c(F)c2)CC1.CCCC1CCC(C(=O)Oc2ccc(S)c(F)c2)CC1.CCCC1CCC(C(=O)Oc2ccc(S)c(F)c2)CC1.CCCC1CCC(C(=O)Oc2ccc(S)c(F)c2)CC1.CCCC1CCC(C(=O)Oc2ccc(S)c(F)c2)CC1.F.F.F.F.F. The summed E-state index contributed by atoms with van der Waals surface area (Å²) in [5, 5.41) is 0. The van der Waals surface area contributed by atoms with Gasteiger partial charge in [0.05, 0.1) is 29.6 Å². The van der Waals surface area contributed by atoms with Gasteiger partial charge in [0.15, 0.2) is 0 Å². The molecule has 5 aliphatic rings. The van der Waals surface area contributed by atoms with Crippen LogP contribution in [0.25, 0.3) is 0 Å². The molecule has 0 aromatic heterocycles. The molecule has 5 aromatic rings. The number of thiol groups is 5. The van der Waals surface area contributed by atoms with Crippen LogP contribution in [0.15, 0.2) is 115 Å². The Labute approximate surface area is 642 Å². The largest absolute Gasteiger partial charge is 0.426 e. The summed E-state index contributed by atoms with van der Waals surface area (Å²) in [6.07, 6.45) is 32.1. The second kappa shape index (κ2) is 51.8. The van der Waals surface area contributed by atoms with Crippen molar-refractivity contribution in [3.05, 3.63) is 120 Å². The van der Waals surface area contributed by atoms with Gasteiger partial charge in [-0.3, -0.25) is 47.5 Å². The van der Waals surface area contributed by atoms with Crippen LogP contribution in [-0.4, -0.2) is 29.8 Å². The molecule has 5 saturated carbocycles. The summed E-state index contributed by atoms with van der Waals surface area (Å²) in [5.74, 6) is 1.41. The summed E-state index contributed by atoms with van der Waals surface area (Å²) in [5.41, 5.74) is 0. The number of hydrogen-bond donors (Lipinski definition) is 5. The molecule has 0 bridgehead atoms. The minimum Gasteiger partial charge on any atom is -0.426 e. The zero-order chi connectivity index (χ0) is 72.7. The molecule has 590 valence electrons. The molecule has 25 heteroatoms. The van der Waals surface area contributed by atoms with E-state index in [0.717, 1.165) is 158 Å². The van der Waals surface area contributed by atoms with Crippen LogP contribution in [0.4, 0.5) is 45.5 Å². The van der Waals surface area contributed by atoms with E-state index >= 15 is 0 Å². The maximum Gasteiger partial charge on any atom is 0.314 e. The van der Waals surface area contributed by atoms with Crippen LogP contribution in [0.1, 0.15) is 227 Å². The molecule has 0 aliphatic heterocycles. The minimum atomic E-state index is -0.467. The van der Waals surface area contributed by atoms with Gasteiger partial charge in [-0.05, 0) is 219 Å². The average molecular weight is 1580 g/mol. The van der Waals surface area contributed by atoms with Gasteiger partial charge >= 0.3 is 29.8 Å². The fourth-order valence-corrected chi connectivity index (χ4v) is 14.9. The van der Waals surface area contributed by atoms with E-state index in [2.05, 4.69) is 97.8 Å². The molecule has 10 rings (SSSR count). The van der Waals surface area contributed by atoms with Gasteiger partial charge in [-0.2, -0.15) is 0 Å². The van der Waals surface area contributed by atoms with Crippen LogP contribution in [0.3, 0.4) is 0 Å². The number of esters is 5. The van der Waals surface area contributed by atoms with E-state index in [1.807, 2.05) is 0 Å². The van der Waals surface area contributed by atoms with E-state index in [0.29, 0.717) is 0 Å². The van der Waals surface area contributed by atoms with Crippen molar-refractivity contribution in [2.24, 2.45) is 59.2 Å². The fourth-order valence-electron chi connectivity index (χ4n) is 14.2. The Hall–Kier alpha value is -5.50. The third kappa shape index (κ3) is 33.9. The first-order valence-electron chi connectivity index (χ1n) is 36.5. The molecule has 105 heavy (non-hydrogen) atoms. The van der Waals surface area contributed by atoms with Crippen molar-refractivity contribution < 1.29 is 93.1 Å². The minimum absolute atomic E-state index is 0. The molecule has 0 amide bonds. The lowest BCUT2D eigenvalue weighted by molar-refractivity contribution is -0.141. The molecule has 0 atom stereocenters. The highest BCUT2D eigenvalue weighted by Gasteiger charge is 2.32. The van der Waals surface area contributed by atoms with Crippen LogP contribution >= 0.6 is 63.1 Å². The quantitative estimate of drug-likeness (QED) is 0.0222. The van der Waals surface area contributed by atoms with E-state index in [1.165, 1.54) is 125 Å². The smallest absolute Gasteiger partial charge is 0.314 e. The molecule has 0 heterocycles. The highest BCUT2D eigenvalue weighted by atomic mass is 32.1. The number of benzene rings is 5. The fraction of sp³-hybridized carbons (Fsp3) is 0.562. The van der Waals surface area contributed by atoms with Gasteiger partial charge in [-0.25, -0.2) is 22.0 Å². The predicted molar refractivity (Wildman–Crippen MR) is 411 cm³/mol. The Bertz CT molecular complexity index is 2860. The Morgan fingerprint density at radius 1 is 0.267 bits per heavy atom. The van der Waals surface area contributed by atoms with Crippen LogP contribution in [0.5, 0.6) is 28.7 Å². The first kappa shape index (κ1) is 97.5. The molecule has 0 N–H and O–H groups in total. The van der Waals surface area contributed by atoms with E-state index in [4.69, 9.17) is 23.7 Å². The first-order valence-corrected chi connectivity index (χ1v) is 38.7. The Balaban J connectivity index is 0.000000649. The summed E-state index contributed by atoms with van der Waals surface area (Å²) in [6.45, 7) is 11.0. The second-order valence-electron chi connectivity index (χ2n) is 27.7. The number of carbonyl (C=O) groups is 5. The van der Waals surface area contributed by atoms with Crippen molar-refractivity contribution >= 4 is 93.0 Å². The molecule has 0 saturated heterocycles. The van der Waals surface area contributed by atoms with Crippen LogP contribution in [0, 0.1) is 88.3 Å². The average Bonchev–Trinajstić information content (AvgIpc) is 0.875. The van der Waals surface area contributed by atoms with Gasteiger partial charge in [0.2, 0.25) is 0 Å². The maximum atomic E-state index is 13.3. The van der Waals surface area contributed by atoms with Gasteiger partial charge < -0.3 is 23.7 Å². The van der Waals surface area contributed by atoms with Crippen molar-refractivity contribution in [2.75, 3.05) is 0 Å². The van der Waals surface area contributed by atoms with Crippen LogP contribution in [-0.2, 0) is 24.0 Å². The molecule has 5 aromatic carbocycles. The lowest BCUT2D eigenvalue weighted by Gasteiger charge is -2.26. The highest BCUT2D eigenvalue weighted by molar-refractivity contribution is 7.81. The van der Waals surface area contributed by atoms with Crippen molar-refractivity contribution in [3.63, 3.8) is 0 Å². The lowest BCUT2D eigenvalue weighted by Crippen LogP contribution is -2.25. The van der Waals surface area contributed by atoms with Crippen molar-refractivity contribution in [3.8, 4) is 28.7 Å². The molecule has 0 radical (unpaired) electrons. The predicted octanol–water partition coefficient (Wildman–Crippen LogP) is 23.9. The monoisotopic (exact) mass is 1580 g/mol. The summed E-state index contributed by atoms with van der Waals surface area (Å²) in [7, 11) is 0. The molecule has 5 fully saturated rings. The van der Waals surface area contributed by atoms with Crippen LogP contribution < -0.4 is 23.7 Å². The first-order chi connectivity index (χ1) is 48.0. The zero-order valence-electron chi connectivity index (χ0n) is 60.9. The Kier molecular flexibility index (Phi) is 48.1. The Morgan fingerprint density at radius 2 is 0.400 bits per heavy atom. The highest BCUT2D eigenvalue weighted by Crippen LogP contribution is 2.38. The third-order valence-corrected chi connectivity index (χ3v) is 21.9. The van der Waals surface area contributed by atoms with E-state index < -0.39 is 29.1 Å². The van der Waals surface area contributed by atoms with Crippen molar-refractivity contribution in [1.82, 2.24) is 0 Å². The topological polar surface area (TPSA) is 132 Å². The molecule has 0 spiro atoms. The summed E-state index contributed by atoms with van der Waals surface area (Å²) in [4.78, 5) is 61.6. The van der Waals surface area contributed by atoms with E-state index in [1.54, 1.807) is 30.3 Å². The standard InChI is InChI=1S/5C16H21FO2S.5FH/c5*1-2-3-11-4-6-12(7-5-11)16(18)19-13-8-9-15(20)14(17)10-13;;;;;/h5*8-12,20H,2-7H2,1H3;5*1H. The molecular formula is C80H110F10O10S5. The second-order valence-corrected chi connectivity index (χ2v) is 30.1. The van der Waals surface area contributed by atoms with Gasteiger partial charge in [-0.1, -0.05) is 98.8 Å². The zero-order valence-corrected chi connectivity index (χ0v) is 65.4. The van der Waals surface area contributed by atoms with Gasteiger partial charge in [0, 0.05) is 54.8 Å². The normalized spacial score (nSPS) is 21.5. The number of halogens is 10. The number of hydrogen-bond acceptors (Lipinski definition) is 15.